The molecule has 0 aromatic heterocycles. The molecule has 2 heteroatoms. The number of para-hydroxylation sites is 2. The fourth-order valence-electron chi connectivity index (χ4n) is 5.83. The topological polar surface area (TPSA) is 33.0 Å². The molecule has 0 saturated heterocycles. The standard InChI is InChI=1S/C32H19NO/c33-20-21-16-18-22(19-17-21)23-10-7-14-29-31(23)34-30-15-6-5-13-28(30)32(29)26-11-3-1-8-24(26)25-9-2-4-12-27(25)32/h1-19H. The van der Waals surface area contributed by atoms with Crippen molar-refractivity contribution in [2.24, 2.45) is 0 Å². The third-order valence-corrected chi connectivity index (χ3v) is 7.20. The highest BCUT2D eigenvalue weighted by Crippen LogP contribution is 2.62. The van der Waals surface area contributed by atoms with Gasteiger partial charge in [-0.1, -0.05) is 97.1 Å². The maximum absolute atomic E-state index is 9.25. The Balaban J connectivity index is 1.61. The smallest absolute Gasteiger partial charge is 0.140 e. The second-order valence-corrected chi connectivity index (χ2v) is 8.81. The maximum Gasteiger partial charge on any atom is 0.140 e. The molecule has 34 heavy (non-hydrogen) atoms. The van der Waals surface area contributed by atoms with Crippen LogP contribution in [-0.2, 0) is 5.41 Å². The zero-order valence-electron chi connectivity index (χ0n) is 18.3. The average molecular weight is 434 g/mol. The fraction of sp³-hybridized carbons (Fsp3) is 0.0312. The molecule has 0 atom stereocenters. The number of hydrogen-bond donors (Lipinski definition) is 0. The van der Waals surface area contributed by atoms with E-state index in [-0.39, 0.29) is 0 Å². The number of ether oxygens (including phenoxy) is 1. The quantitative estimate of drug-likeness (QED) is 0.266. The van der Waals surface area contributed by atoms with Crippen LogP contribution in [0.2, 0.25) is 0 Å². The zero-order chi connectivity index (χ0) is 22.7. The SMILES string of the molecule is N#Cc1ccc(-c2cccc3c2Oc2ccccc2C32c3ccccc3-c3ccccc32)cc1. The minimum atomic E-state index is -0.458. The second-order valence-electron chi connectivity index (χ2n) is 8.81. The predicted octanol–water partition coefficient (Wildman–Crippen LogP) is 7.69. The van der Waals surface area contributed by atoms with Crippen molar-refractivity contribution in [3.05, 3.63) is 143 Å². The molecule has 0 fully saturated rings. The van der Waals surface area contributed by atoms with E-state index in [4.69, 9.17) is 4.74 Å². The van der Waals surface area contributed by atoms with Gasteiger partial charge in [-0.25, -0.2) is 0 Å². The van der Waals surface area contributed by atoms with Crippen molar-refractivity contribution in [1.82, 2.24) is 0 Å². The number of nitrogens with zero attached hydrogens (tertiary/aromatic N) is 1. The van der Waals surface area contributed by atoms with E-state index < -0.39 is 5.41 Å². The van der Waals surface area contributed by atoms with Crippen LogP contribution in [0.5, 0.6) is 11.5 Å². The van der Waals surface area contributed by atoms with Crippen molar-refractivity contribution in [3.8, 4) is 39.8 Å². The lowest BCUT2D eigenvalue weighted by Gasteiger charge is -2.40. The molecule has 0 unspecified atom stereocenters. The van der Waals surface area contributed by atoms with E-state index in [0.717, 1.165) is 33.8 Å². The van der Waals surface area contributed by atoms with Crippen LogP contribution in [0.3, 0.4) is 0 Å². The van der Waals surface area contributed by atoms with Crippen LogP contribution in [0.4, 0.5) is 0 Å². The van der Waals surface area contributed by atoms with E-state index >= 15 is 0 Å². The molecule has 1 heterocycles. The Kier molecular flexibility index (Phi) is 3.86. The van der Waals surface area contributed by atoms with Crippen LogP contribution in [0.15, 0.2) is 115 Å². The van der Waals surface area contributed by atoms with Gasteiger partial charge in [0.2, 0.25) is 0 Å². The largest absolute Gasteiger partial charge is 0.456 e. The summed E-state index contributed by atoms with van der Waals surface area (Å²) in [5, 5.41) is 9.25. The van der Waals surface area contributed by atoms with E-state index in [2.05, 4.69) is 91.0 Å². The third kappa shape index (κ3) is 2.33. The summed E-state index contributed by atoms with van der Waals surface area (Å²) in [5.41, 5.74) is 9.66. The van der Waals surface area contributed by atoms with Crippen molar-refractivity contribution in [1.29, 1.82) is 5.26 Å². The minimum Gasteiger partial charge on any atom is -0.456 e. The molecular formula is C32H19NO. The van der Waals surface area contributed by atoms with Gasteiger partial charge in [0.15, 0.2) is 0 Å². The molecule has 0 saturated carbocycles. The molecule has 1 aliphatic carbocycles. The lowest BCUT2D eigenvalue weighted by Crippen LogP contribution is -2.32. The summed E-state index contributed by atoms with van der Waals surface area (Å²) in [4.78, 5) is 0. The summed E-state index contributed by atoms with van der Waals surface area (Å²) in [6.45, 7) is 0. The number of benzene rings is 5. The molecule has 0 radical (unpaired) electrons. The zero-order valence-corrected chi connectivity index (χ0v) is 18.3. The summed E-state index contributed by atoms with van der Waals surface area (Å²) in [7, 11) is 0. The number of rotatable bonds is 1. The Morgan fingerprint density at radius 2 is 1.09 bits per heavy atom. The first kappa shape index (κ1) is 18.9. The van der Waals surface area contributed by atoms with Crippen molar-refractivity contribution >= 4 is 0 Å². The van der Waals surface area contributed by atoms with Gasteiger partial charge in [-0.15, -0.1) is 0 Å². The Morgan fingerprint density at radius 3 is 1.76 bits per heavy atom. The molecule has 5 aromatic carbocycles. The lowest BCUT2D eigenvalue weighted by atomic mass is 9.65. The highest BCUT2D eigenvalue weighted by atomic mass is 16.5. The molecule has 0 amide bonds. The van der Waals surface area contributed by atoms with Crippen LogP contribution in [0.1, 0.15) is 27.8 Å². The fourth-order valence-corrected chi connectivity index (χ4v) is 5.83. The van der Waals surface area contributed by atoms with Crippen LogP contribution in [0, 0.1) is 11.3 Å². The van der Waals surface area contributed by atoms with Crippen LogP contribution >= 0.6 is 0 Å². The Hall–Kier alpha value is -4.61. The van der Waals surface area contributed by atoms with Crippen LogP contribution < -0.4 is 4.74 Å². The van der Waals surface area contributed by atoms with Gasteiger partial charge in [-0.2, -0.15) is 5.26 Å². The molecular weight excluding hydrogens is 414 g/mol. The summed E-state index contributed by atoms with van der Waals surface area (Å²) in [6, 6.07) is 42.3. The number of nitriles is 1. The van der Waals surface area contributed by atoms with Gasteiger partial charge in [0, 0.05) is 16.7 Å². The monoisotopic (exact) mass is 433 g/mol. The normalized spacial score (nSPS) is 13.7. The number of hydrogen-bond acceptors (Lipinski definition) is 2. The van der Waals surface area contributed by atoms with Crippen LogP contribution in [0.25, 0.3) is 22.3 Å². The summed E-state index contributed by atoms with van der Waals surface area (Å²) < 4.78 is 6.67. The third-order valence-electron chi connectivity index (χ3n) is 7.20. The Morgan fingerprint density at radius 1 is 0.529 bits per heavy atom. The lowest BCUT2D eigenvalue weighted by molar-refractivity contribution is 0.438. The van der Waals surface area contributed by atoms with Gasteiger partial charge in [-0.05, 0) is 46.0 Å². The molecule has 0 N–H and O–H groups in total. The van der Waals surface area contributed by atoms with Gasteiger partial charge in [0.05, 0.1) is 17.0 Å². The van der Waals surface area contributed by atoms with E-state index in [0.29, 0.717) is 5.56 Å². The second kappa shape index (κ2) is 6.94. The maximum atomic E-state index is 9.25. The van der Waals surface area contributed by atoms with Crippen molar-refractivity contribution in [2.75, 3.05) is 0 Å². The Bertz CT molecular complexity index is 1590. The molecule has 5 aromatic rings. The Labute approximate surface area is 198 Å². The van der Waals surface area contributed by atoms with Gasteiger partial charge in [0.1, 0.15) is 11.5 Å². The predicted molar refractivity (Wildman–Crippen MR) is 134 cm³/mol. The summed E-state index contributed by atoms with van der Waals surface area (Å²) in [6.07, 6.45) is 0. The molecule has 2 nitrogen and oxygen atoms in total. The molecule has 7 rings (SSSR count). The first-order valence-corrected chi connectivity index (χ1v) is 11.4. The van der Waals surface area contributed by atoms with Gasteiger partial charge in [0.25, 0.3) is 0 Å². The van der Waals surface area contributed by atoms with E-state index in [1.165, 1.54) is 22.3 Å². The summed E-state index contributed by atoms with van der Waals surface area (Å²) in [5.74, 6) is 1.75. The first-order valence-electron chi connectivity index (χ1n) is 11.4. The van der Waals surface area contributed by atoms with Gasteiger partial charge < -0.3 is 4.74 Å². The van der Waals surface area contributed by atoms with Crippen molar-refractivity contribution < 1.29 is 4.74 Å². The van der Waals surface area contributed by atoms with E-state index in [1.807, 2.05) is 30.3 Å². The number of fused-ring (bicyclic) bond motifs is 9. The molecule has 1 aliphatic heterocycles. The minimum absolute atomic E-state index is 0.458. The first-order chi connectivity index (χ1) is 16.8. The van der Waals surface area contributed by atoms with Crippen molar-refractivity contribution in [3.63, 3.8) is 0 Å². The highest BCUT2D eigenvalue weighted by Gasteiger charge is 2.51. The van der Waals surface area contributed by atoms with E-state index in [9.17, 15) is 5.26 Å². The van der Waals surface area contributed by atoms with Crippen molar-refractivity contribution in [2.45, 2.75) is 5.41 Å². The van der Waals surface area contributed by atoms with Gasteiger partial charge in [-0.3, -0.25) is 0 Å². The van der Waals surface area contributed by atoms with Gasteiger partial charge >= 0.3 is 0 Å². The summed E-state index contributed by atoms with van der Waals surface area (Å²) >= 11 is 0. The van der Waals surface area contributed by atoms with E-state index in [1.54, 1.807) is 0 Å². The molecule has 2 aliphatic rings. The molecule has 0 bridgehead atoms. The van der Waals surface area contributed by atoms with Crippen LogP contribution in [-0.4, -0.2) is 0 Å². The average Bonchev–Trinajstić information content (AvgIpc) is 3.20. The molecule has 158 valence electrons. The molecule has 1 spiro atoms. The highest BCUT2D eigenvalue weighted by molar-refractivity contribution is 5.90.